The van der Waals surface area contributed by atoms with Gasteiger partial charge in [0.15, 0.2) is 5.16 Å². The van der Waals surface area contributed by atoms with Crippen molar-refractivity contribution in [2.24, 2.45) is 0 Å². The van der Waals surface area contributed by atoms with E-state index < -0.39 is 4.92 Å². The molecule has 0 N–H and O–H groups in total. The lowest BCUT2D eigenvalue weighted by Gasteiger charge is -2.11. The lowest BCUT2D eigenvalue weighted by atomic mass is 10.1. The van der Waals surface area contributed by atoms with Crippen LogP contribution in [0.3, 0.4) is 0 Å². The summed E-state index contributed by atoms with van der Waals surface area (Å²) in [4.78, 5) is 15.0. The number of nitro groups is 1. The summed E-state index contributed by atoms with van der Waals surface area (Å²) in [6.07, 6.45) is 3.65. The van der Waals surface area contributed by atoms with Crippen LogP contribution in [0, 0.1) is 10.1 Å². The summed E-state index contributed by atoms with van der Waals surface area (Å²) >= 11 is 7.59. The Morgan fingerprint density at radius 1 is 1.22 bits per heavy atom. The van der Waals surface area contributed by atoms with Gasteiger partial charge in [0.2, 0.25) is 0 Å². The van der Waals surface area contributed by atoms with Crippen LogP contribution in [0.1, 0.15) is 0 Å². The molecule has 116 valence electrons. The molecule has 1 heterocycles. The van der Waals surface area contributed by atoms with Gasteiger partial charge in [0.1, 0.15) is 0 Å². The van der Waals surface area contributed by atoms with E-state index in [2.05, 4.69) is 4.98 Å². The predicted molar refractivity (Wildman–Crippen MR) is 92.4 cm³/mol. The molecule has 0 bridgehead atoms. The Labute approximate surface area is 142 Å². The molecule has 0 unspecified atom stereocenters. The zero-order chi connectivity index (χ0) is 16.4. The van der Waals surface area contributed by atoms with Crippen LogP contribution in [0.15, 0.2) is 59.9 Å². The van der Waals surface area contributed by atoms with Gasteiger partial charge in [-0.3, -0.25) is 14.7 Å². The smallest absolute Gasteiger partial charge is 0.270 e. The predicted octanol–water partition coefficient (Wildman–Crippen LogP) is 4.82. The second-order valence-electron chi connectivity index (χ2n) is 4.75. The van der Waals surface area contributed by atoms with Crippen LogP contribution < -0.4 is 0 Å². The van der Waals surface area contributed by atoms with Crippen LogP contribution in [0.25, 0.3) is 16.9 Å². The van der Waals surface area contributed by atoms with Gasteiger partial charge in [-0.15, -0.1) is 0 Å². The summed E-state index contributed by atoms with van der Waals surface area (Å²) in [5, 5.41) is 12.4. The summed E-state index contributed by atoms with van der Waals surface area (Å²) in [7, 11) is 0. The second-order valence-corrected chi connectivity index (χ2v) is 5.96. The molecule has 3 rings (SSSR count). The number of thioether (sulfide) groups is 1. The zero-order valence-electron chi connectivity index (χ0n) is 12.1. The van der Waals surface area contributed by atoms with E-state index in [1.807, 2.05) is 35.1 Å². The molecule has 23 heavy (non-hydrogen) atoms. The first-order valence-electron chi connectivity index (χ1n) is 6.72. The first kappa shape index (κ1) is 15.6. The number of imidazole rings is 1. The molecule has 0 fully saturated rings. The van der Waals surface area contributed by atoms with Crippen LogP contribution in [0.2, 0.25) is 5.02 Å². The van der Waals surface area contributed by atoms with Crippen molar-refractivity contribution in [1.82, 2.24) is 9.55 Å². The third-order valence-electron chi connectivity index (χ3n) is 3.33. The van der Waals surface area contributed by atoms with Gasteiger partial charge < -0.3 is 0 Å². The summed E-state index contributed by atoms with van der Waals surface area (Å²) in [5.41, 5.74) is 2.42. The maximum Gasteiger partial charge on any atom is 0.270 e. The molecule has 0 saturated carbocycles. The van der Waals surface area contributed by atoms with Crippen molar-refractivity contribution in [2.75, 3.05) is 6.26 Å². The quantitative estimate of drug-likeness (QED) is 0.386. The molecule has 2 aromatic carbocycles. The number of nitrogens with zero attached hydrogens (tertiary/aromatic N) is 3. The van der Waals surface area contributed by atoms with E-state index in [1.165, 1.54) is 17.8 Å². The van der Waals surface area contributed by atoms with Crippen LogP contribution in [0.5, 0.6) is 0 Å². The van der Waals surface area contributed by atoms with Crippen molar-refractivity contribution in [3.63, 3.8) is 0 Å². The Morgan fingerprint density at radius 3 is 2.70 bits per heavy atom. The maximum atomic E-state index is 11.0. The Bertz CT molecular complexity index is 879. The van der Waals surface area contributed by atoms with Gasteiger partial charge >= 0.3 is 0 Å². The third kappa shape index (κ3) is 3.09. The Kier molecular flexibility index (Phi) is 4.36. The average Bonchev–Trinajstić information content (AvgIpc) is 2.99. The molecule has 0 amide bonds. The molecule has 0 aliphatic carbocycles. The van der Waals surface area contributed by atoms with Crippen molar-refractivity contribution < 1.29 is 4.92 Å². The molecule has 7 heteroatoms. The van der Waals surface area contributed by atoms with Crippen LogP contribution in [-0.4, -0.2) is 20.7 Å². The highest BCUT2D eigenvalue weighted by Crippen LogP contribution is 2.31. The third-order valence-corrected chi connectivity index (χ3v) is 4.22. The molecule has 0 spiro atoms. The molecule has 0 aliphatic heterocycles. The zero-order valence-corrected chi connectivity index (χ0v) is 13.7. The van der Waals surface area contributed by atoms with E-state index in [1.54, 1.807) is 24.4 Å². The van der Waals surface area contributed by atoms with E-state index >= 15 is 0 Å². The van der Waals surface area contributed by atoms with Crippen LogP contribution in [0.4, 0.5) is 5.69 Å². The van der Waals surface area contributed by atoms with Gasteiger partial charge in [-0.2, -0.15) is 0 Å². The van der Waals surface area contributed by atoms with E-state index in [9.17, 15) is 10.1 Å². The highest BCUT2D eigenvalue weighted by Gasteiger charge is 2.15. The number of hydrogen-bond donors (Lipinski definition) is 0. The minimum absolute atomic E-state index is 0.0482. The van der Waals surface area contributed by atoms with Gasteiger partial charge in [0.25, 0.3) is 5.69 Å². The highest BCUT2D eigenvalue weighted by atomic mass is 35.5. The largest absolute Gasteiger partial charge is 0.287 e. The molecule has 1 aromatic heterocycles. The molecule has 0 saturated heterocycles. The minimum atomic E-state index is -0.404. The normalized spacial score (nSPS) is 10.7. The number of nitro benzene ring substituents is 1. The van der Waals surface area contributed by atoms with Gasteiger partial charge in [0.05, 0.1) is 16.8 Å². The molecule has 0 atom stereocenters. The molecule has 0 radical (unpaired) electrons. The van der Waals surface area contributed by atoms with E-state index in [-0.39, 0.29) is 5.69 Å². The summed E-state index contributed by atoms with van der Waals surface area (Å²) < 4.78 is 1.94. The first-order valence-corrected chi connectivity index (χ1v) is 8.33. The van der Waals surface area contributed by atoms with Crippen LogP contribution in [-0.2, 0) is 0 Å². The van der Waals surface area contributed by atoms with Gasteiger partial charge in [-0.05, 0) is 24.5 Å². The fourth-order valence-corrected chi connectivity index (χ4v) is 3.06. The maximum absolute atomic E-state index is 11.0. The standard InChI is InChI=1S/C16H12ClN3O2S/c1-23-16-18-10-15(11-4-2-7-14(8-11)20(21)22)19(16)13-6-3-5-12(17)9-13/h2-10H,1H3. The van der Waals surface area contributed by atoms with E-state index in [4.69, 9.17) is 11.6 Å². The Morgan fingerprint density at radius 2 is 2.00 bits per heavy atom. The van der Waals surface area contributed by atoms with Crippen molar-refractivity contribution in [2.45, 2.75) is 5.16 Å². The van der Waals surface area contributed by atoms with E-state index in [0.29, 0.717) is 5.02 Å². The topological polar surface area (TPSA) is 61.0 Å². The number of non-ortho nitro benzene ring substituents is 1. The van der Waals surface area contributed by atoms with Gasteiger partial charge in [-0.1, -0.05) is 41.6 Å². The average molecular weight is 346 g/mol. The second kappa shape index (κ2) is 6.44. The van der Waals surface area contributed by atoms with Crippen molar-refractivity contribution in [3.8, 4) is 16.9 Å². The molecule has 3 aromatic rings. The van der Waals surface area contributed by atoms with Crippen molar-refractivity contribution in [3.05, 3.63) is 69.9 Å². The minimum Gasteiger partial charge on any atom is -0.287 e. The summed E-state index contributed by atoms with van der Waals surface area (Å²) in [6, 6.07) is 13.9. The van der Waals surface area contributed by atoms with E-state index in [0.717, 1.165) is 22.1 Å². The number of hydrogen-bond acceptors (Lipinski definition) is 4. The van der Waals surface area contributed by atoms with Crippen molar-refractivity contribution in [1.29, 1.82) is 0 Å². The lowest BCUT2D eigenvalue weighted by molar-refractivity contribution is -0.384. The van der Waals surface area contributed by atoms with Crippen LogP contribution >= 0.6 is 23.4 Å². The lowest BCUT2D eigenvalue weighted by Crippen LogP contribution is -1.99. The fourth-order valence-electron chi connectivity index (χ4n) is 2.33. The number of benzene rings is 2. The Balaban J connectivity index is 2.20. The summed E-state index contributed by atoms with van der Waals surface area (Å²) in [5.74, 6) is 0. The summed E-state index contributed by atoms with van der Waals surface area (Å²) in [6.45, 7) is 0. The molecule has 0 aliphatic rings. The fraction of sp³-hybridized carbons (Fsp3) is 0.0625. The SMILES string of the molecule is CSc1ncc(-c2cccc([N+](=O)[O-])c2)n1-c1cccc(Cl)c1. The molecule has 5 nitrogen and oxygen atoms in total. The number of aromatic nitrogens is 2. The first-order chi connectivity index (χ1) is 11.1. The Hall–Kier alpha value is -2.31. The monoisotopic (exact) mass is 345 g/mol. The van der Waals surface area contributed by atoms with Gasteiger partial charge in [0, 0.05) is 28.4 Å². The van der Waals surface area contributed by atoms with Gasteiger partial charge in [-0.25, -0.2) is 4.98 Å². The highest BCUT2D eigenvalue weighted by molar-refractivity contribution is 7.98. The van der Waals surface area contributed by atoms with Crippen molar-refractivity contribution >= 4 is 29.1 Å². The molecular weight excluding hydrogens is 334 g/mol. The number of rotatable bonds is 4. The molecular formula is C16H12ClN3O2S. The number of halogens is 1.